The van der Waals surface area contributed by atoms with Gasteiger partial charge in [0.25, 0.3) is 15.9 Å². The number of nitrogens with one attached hydrogen (secondary N) is 3. The summed E-state index contributed by atoms with van der Waals surface area (Å²) in [6.07, 6.45) is 1.49. The standard InChI is InChI=1S/C44H38N8O6S2/c1-24-25(2)59-44-38(24)40(48-36(19-37(54)58-4)42-50-49-26(3)52(42)44)30-11-7-28(8-12-30)29-9-13-31(14-10-29)43(55)47-21-27-5-16-34(17-6-27)60(56,57)51-35-18-15-32(23-53)39-33(20-45)22-46-41(35)39/h5-18,22,36,46,51,53H,19,21,23H2,1-4H3,(H,47,55)/t36-/m0/s1. The van der Waals surface area contributed by atoms with Crippen molar-refractivity contribution < 1.29 is 27.9 Å². The first-order valence-electron chi connectivity index (χ1n) is 18.8. The number of anilines is 1. The smallest absolute Gasteiger partial charge is 0.308 e. The third kappa shape index (κ3) is 7.34. The fraction of sp³-hybridized carbons (Fsp3) is 0.182. The Labute approximate surface area is 349 Å². The molecule has 4 N–H and O–H groups in total. The zero-order valence-electron chi connectivity index (χ0n) is 32.9. The zero-order valence-corrected chi connectivity index (χ0v) is 34.5. The second kappa shape index (κ2) is 16.0. The first-order valence-corrected chi connectivity index (χ1v) is 21.1. The van der Waals surface area contributed by atoms with Crippen LogP contribution in [-0.4, -0.2) is 58.0 Å². The number of aliphatic imine (C=N–C) groups is 1. The highest BCUT2D eigenvalue weighted by atomic mass is 32.2. The normalized spacial score (nSPS) is 13.5. The lowest BCUT2D eigenvalue weighted by Gasteiger charge is -2.12. The number of aromatic nitrogens is 4. The third-order valence-corrected chi connectivity index (χ3v) is 13.2. The number of methoxy groups -OCH3 is 1. The highest BCUT2D eigenvalue weighted by Gasteiger charge is 2.32. The lowest BCUT2D eigenvalue weighted by molar-refractivity contribution is -0.141. The van der Waals surface area contributed by atoms with Gasteiger partial charge in [-0.25, -0.2) is 8.42 Å². The quantitative estimate of drug-likeness (QED) is 0.0994. The van der Waals surface area contributed by atoms with Crippen LogP contribution >= 0.6 is 11.3 Å². The van der Waals surface area contributed by atoms with E-state index in [2.05, 4.69) is 45.1 Å². The van der Waals surface area contributed by atoms with E-state index >= 15 is 0 Å². The molecule has 0 unspecified atom stereocenters. The number of hydrogen-bond donors (Lipinski definition) is 4. The number of rotatable bonds is 11. The number of hydrogen-bond acceptors (Lipinski definition) is 11. The van der Waals surface area contributed by atoms with Crippen LogP contribution in [0, 0.1) is 32.1 Å². The fourth-order valence-electron chi connectivity index (χ4n) is 7.30. The predicted molar refractivity (Wildman–Crippen MR) is 228 cm³/mol. The van der Waals surface area contributed by atoms with Crippen molar-refractivity contribution in [1.82, 2.24) is 25.1 Å². The Morgan fingerprint density at radius 1 is 0.950 bits per heavy atom. The van der Waals surface area contributed by atoms with Gasteiger partial charge in [-0.05, 0) is 78.9 Å². The van der Waals surface area contributed by atoms with Crippen LogP contribution in [0.3, 0.4) is 0 Å². The summed E-state index contributed by atoms with van der Waals surface area (Å²) in [5, 5.41) is 32.2. The van der Waals surface area contributed by atoms with Gasteiger partial charge in [0.1, 0.15) is 22.9 Å². The Bertz CT molecular complexity index is 3000. The number of amides is 1. The molecule has 8 rings (SSSR count). The molecule has 7 aromatic rings. The van der Waals surface area contributed by atoms with Crippen molar-refractivity contribution in [2.24, 2.45) is 4.99 Å². The van der Waals surface area contributed by atoms with E-state index in [1.807, 2.05) is 47.9 Å². The number of thiophene rings is 1. The minimum atomic E-state index is -4.01. The summed E-state index contributed by atoms with van der Waals surface area (Å²) in [4.78, 5) is 34.8. The van der Waals surface area contributed by atoms with Crippen LogP contribution in [-0.2, 0) is 32.7 Å². The van der Waals surface area contributed by atoms with Crippen LogP contribution in [0.15, 0.2) is 101 Å². The van der Waals surface area contributed by atoms with E-state index in [1.54, 1.807) is 41.7 Å². The van der Waals surface area contributed by atoms with Gasteiger partial charge in [-0.2, -0.15) is 5.26 Å². The van der Waals surface area contributed by atoms with Gasteiger partial charge in [0.05, 0.1) is 47.5 Å². The van der Waals surface area contributed by atoms with E-state index < -0.39 is 22.0 Å². The number of nitrogens with zero attached hydrogens (tertiary/aromatic N) is 5. The number of esters is 1. The number of carbonyl (C=O) groups excluding carboxylic acids is 2. The second-order valence-electron chi connectivity index (χ2n) is 14.3. The molecule has 4 aromatic carbocycles. The van der Waals surface area contributed by atoms with E-state index in [1.165, 1.54) is 31.5 Å². The molecule has 0 saturated carbocycles. The molecule has 0 radical (unpaired) electrons. The molecule has 0 spiro atoms. The number of benzene rings is 4. The molecule has 0 fully saturated rings. The summed E-state index contributed by atoms with van der Waals surface area (Å²) >= 11 is 1.64. The molecule has 0 saturated heterocycles. The molecule has 1 amide bonds. The van der Waals surface area contributed by atoms with Crippen LogP contribution in [0.5, 0.6) is 0 Å². The van der Waals surface area contributed by atoms with Crippen molar-refractivity contribution >= 4 is 55.5 Å². The molecule has 16 heteroatoms. The van der Waals surface area contributed by atoms with Gasteiger partial charge in [-0.15, -0.1) is 21.5 Å². The van der Waals surface area contributed by atoms with Gasteiger partial charge in [0, 0.05) is 39.7 Å². The largest absolute Gasteiger partial charge is 0.469 e. The van der Waals surface area contributed by atoms with Crippen molar-refractivity contribution in [2.75, 3.05) is 11.8 Å². The number of ether oxygens (including phenoxy) is 1. The summed E-state index contributed by atoms with van der Waals surface area (Å²) in [5.74, 6) is 0.621. The van der Waals surface area contributed by atoms with Gasteiger partial charge < -0.3 is 20.1 Å². The predicted octanol–water partition coefficient (Wildman–Crippen LogP) is 6.95. The molecule has 14 nitrogen and oxygen atoms in total. The Morgan fingerprint density at radius 3 is 2.30 bits per heavy atom. The van der Waals surface area contributed by atoms with E-state index in [-0.39, 0.29) is 36.1 Å². The molecule has 4 heterocycles. The minimum absolute atomic E-state index is 0.0133. The summed E-state index contributed by atoms with van der Waals surface area (Å²) < 4.78 is 36.1. The van der Waals surface area contributed by atoms with Crippen molar-refractivity contribution in [3.63, 3.8) is 0 Å². The van der Waals surface area contributed by atoms with E-state index in [0.717, 1.165) is 43.4 Å². The van der Waals surface area contributed by atoms with Crippen LogP contribution in [0.2, 0.25) is 0 Å². The van der Waals surface area contributed by atoms with Crippen molar-refractivity contribution in [2.45, 2.75) is 51.3 Å². The zero-order chi connectivity index (χ0) is 42.3. The Morgan fingerprint density at radius 2 is 1.63 bits per heavy atom. The molecule has 1 aliphatic rings. The number of H-pyrrole nitrogens is 1. The summed E-state index contributed by atoms with van der Waals surface area (Å²) in [6.45, 7) is 5.91. The molecule has 0 bridgehead atoms. The molecule has 1 atom stereocenters. The molecule has 60 heavy (non-hydrogen) atoms. The van der Waals surface area contributed by atoms with Crippen LogP contribution in [0.1, 0.15) is 72.7 Å². The van der Waals surface area contributed by atoms with Gasteiger partial charge in [-0.1, -0.05) is 54.6 Å². The number of aliphatic hydroxyl groups excluding tert-OH is 1. The maximum absolute atomic E-state index is 13.3. The maximum atomic E-state index is 13.3. The number of aliphatic hydroxyl groups is 1. The van der Waals surface area contributed by atoms with Crippen LogP contribution in [0.4, 0.5) is 5.69 Å². The SMILES string of the molecule is COC(=O)C[C@@H]1N=C(c2ccc(-c3ccc(C(=O)NCc4ccc(S(=O)(=O)Nc5ccc(CO)c6c(C#N)c[nH]c56)cc4)cc3)cc2)c2c(sc(C)c2C)-n2c(C)nnc21. The summed E-state index contributed by atoms with van der Waals surface area (Å²) in [5.41, 5.74) is 8.16. The monoisotopic (exact) mass is 838 g/mol. The number of aromatic amines is 1. The number of carbonyl (C=O) groups is 2. The number of sulfonamides is 1. The van der Waals surface area contributed by atoms with Crippen LogP contribution in [0.25, 0.3) is 27.0 Å². The molecule has 0 aliphatic carbocycles. The highest BCUT2D eigenvalue weighted by Crippen LogP contribution is 2.40. The Balaban J connectivity index is 0.943. The van der Waals surface area contributed by atoms with E-state index in [0.29, 0.717) is 44.8 Å². The molecule has 302 valence electrons. The molecule has 1 aliphatic heterocycles. The first-order chi connectivity index (χ1) is 28.9. The van der Waals surface area contributed by atoms with Crippen molar-refractivity contribution in [3.8, 4) is 22.2 Å². The second-order valence-corrected chi connectivity index (χ2v) is 17.1. The average Bonchev–Trinajstić information content (AvgIpc) is 3.93. The van der Waals surface area contributed by atoms with E-state index in [4.69, 9.17) is 9.73 Å². The summed E-state index contributed by atoms with van der Waals surface area (Å²) in [7, 11) is -2.65. The fourth-order valence-corrected chi connectivity index (χ4v) is 9.59. The van der Waals surface area contributed by atoms with E-state index in [9.17, 15) is 28.4 Å². The Hall–Kier alpha value is -6.93. The van der Waals surface area contributed by atoms with Gasteiger partial charge in [-0.3, -0.25) is 23.9 Å². The van der Waals surface area contributed by atoms with Gasteiger partial charge >= 0.3 is 5.97 Å². The van der Waals surface area contributed by atoms with Crippen LogP contribution < -0.4 is 10.0 Å². The lowest BCUT2D eigenvalue weighted by Crippen LogP contribution is -2.22. The molecule has 3 aromatic heterocycles. The number of aryl methyl sites for hydroxylation is 2. The number of nitriles is 1. The first kappa shape index (κ1) is 39.9. The highest BCUT2D eigenvalue weighted by molar-refractivity contribution is 7.92. The summed E-state index contributed by atoms with van der Waals surface area (Å²) in [6, 6.07) is 26.0. The Kier molecular flexibility index (Phi) is 10.6. The average molecular weight is 839 g/mol. The lowest BCUT2D eigenvalue weighted by atomic mass is 9.96. The maximum Gasteiger partial charge on any atom is 0.308 e. The number of fused-ring (bicyclic) bond motifs is 4. The van der Waals surface area contributed by atoms with Gasteiger partial charge in [0.2, 0.25) is 0 Å². The third-order valence-electron chi connectivity index (χ3n) is 10.6. The van der Waals surface area contributed by atoms with Gasteiger partial charge in [0.15, 0.2) is 5.82 Å². The topological polar surface area (TPSA) is 204 Å². The van der Waals surface area contributed by atoms with Crippen molar-refractivity contribution in [3.05, 3.63) is 147 Å². The van der Waals surface area contributed by atoms with Crippen molar-refractivity contribution in [1.29, 1.82) is 5.26 Å². The molecular weight excluding hydrogens is 801 g/mol. The molecular formula is C44H38N8O6S2. The minimum Gasteiger partial charge on any atom is -0.469 e.